The summed E-state index contributed by atoms with van der Waals surface area (Å²) in [5.41, 5.74) is 4.33. The highest BCUT2D eigenvalue weighted by Gasteiger charge is 2.22. The lowest BCUT2D eigenvalue weighted by atomic mass is 9.93. The Balaban J connectivity index is 3.30. The average Bonchev–Trinajstić information content (AvgIpc) is 2.15. The molecule has 0 aromatic heterocycles. The summed E-state index contributed by atoms with van der Waals surface area (Å²) in [5, 5.41) is 0. The maximum atomic E-state index is 2.50. The molecule has 0 aliphatic rings. The smallest absolute Gasteiger partial charge is 0.0587 e. The fraction of sp³-hybridized carbons (Fsp3) is 0.538. The maximum Gasteiger partial charge on any atom is 0.149 e. The second-order valence-electron chi connectivity index (χ2n) is 4.70. The Morgan fingerprint density at radius 1 is 0.812 bits per heavy atom. The summed E-state index contributed by atoms with van der Waals surface area (Å²) in [6, 6.07) is 7.05. The quantitative estimate of drug-likeness (QED) is 0.302. The lowest BCUT2D eigenvalue weighted by Gasteiger charge is -2.19. The van der Waals surface area contributed by atoms with Crippen LogP contribution in [0.2, 0.25) is 0 Å². The van der Waals surface area contributed by atoms with Gasteiger partial charge in [0.05, 0.1) is 0 Å². The molecule has 0 radical (unpaired) electrons. The number of rotatable bonds is 3. The van der Waals surface area contributed by atoms with E-state index in [0.717, 1.165) is 0 Å². The Bertz CT molecular complexity index is 336. The van der Waals surface area contributed by atoms with Crippen molar-refractivity contribution in [3.63, 3.8) is 0 Å². The van der Waals surface area contributed by atoms with Crippen molar-refractivity contribution >= 4 is 67.8 Å². The van der Waals surface area contributed by atoms with Crippen LogP contribution >= 0.6 is 67.8 Å². The van der Waals surface area contributed by atoms with Crippen LogP contribution in [-0.2, 0) is -0.565 Å². The Hall–Kier alpha value is 1.41. The molecule has 0 aliphatic heterocycles. The van der Waals surface area contributed by atoms with Gasteiger partial charge in [-0.05, 0) is 96.3 Å². The molecule has 0 atom stereocenters. The second-order valence-corrected chi connectivity index (χ2v) is 15.7. The van der Waals surface area contributed by atoms with E-state index in [0.29, 0.717) is 11.8 Å². The van der Waals surface area contributed by atoms with Crippen LogP contribution in [0.25, 0.3) is 0 Å². The van der Waals surface area contributed by atoms with Crippen molar-refractivity contribution in [2.24, 2.45) is 0 Å². The standard InChI is InChI=1S/C13H17I3/c1-8(2)10-5-11(9(3)4)7-12(6-10)13(14,15)16/h5-9H,1-4H3. The maximum absolute atomic E-state index is 2.50. The molecule has 0 aliphatic carbocycles. The van der Waals surface area contributed by atoms with E-state index in [2.05, 4.69) is 114 Å². The zero-order valence-electron chi connectivity index (χ0n) is 10.0. The van der Waals surface area contributed by atoms with Crippen molar-refractivity contribution in [2.75, 3.05) is 0 Å². The first-order valence-electron chi connectivity index (χ1n) is 5.44. The molecule has 0 spiro atoms. The highest BCUT2D eigenvalue weighted by Crippen LogP contribution is 2.47. The van der Waals surface area contributed by atoms with Crippen LogP contribution in [0.3, 0.4) is 0 Å². The van der Waals surface area contributed by atoms with Crippen molar-refractivity contribution in [1.82, 2.24) is 0 Å². The first kappa shape index (κ1) is 15.5. The third-order valence-electron chi connectivity index (χ3n) is 2.64. The molecule has 1 aromatic rings. The molecule has 1 aromatic carbocycles. The molecule has 0 fully saturated rings. The van der Waals surface area contributed by atoms with Crippen molar-refractivity contribution < 1.29 is 0 Å². The highest BCUT2D eigenvalue weighted by atomic mass is 127. The summed E-state index contributed by atoms with van der Waals surface area (Å²) in [7, 11) is 0. The number of benzene rings is 1. The highest BCUT2D eigenvalue weighted by molar-refractivity contribution is 14.3. The molecule has 0 bridgehead atoms. The SMILES string of the molecule is CC(C)c1cc(C(C)C)cc(C(I)(I)I)c1. The van der Waals surface area contributed by atoms with Crippen LogP contribution in [0.5, 0.6) is 0 Å². The van der Waals surface area contributed by atoms with Gasteiger partial charge in [0.15, 0.2) is 0 Å². The molecule has 0 unspecified atom stereocenters. The van der Waals surface area contributed by atoms with Crippen molar-refractivity contribution in [3.05, 3.63) is 34.9 Å². The summed E-state index contributed by atoms with van der Waals surface area (Å²) in [5.74, 6) is 1.20. The predicted octanol–water partition coefficient (Wildman–Crippen LogP) is 6.35. The van der Waals surface area contributed by atoms with Gasteiger partial charge in [0.25, 0.3) is 0 Å². The molecule has 0 saturated carbocycles. The lowest BCUT2D eigenvalue weighted by molar-refractivity contribution is 0.830. The van der Waals surface area contributed by atoms with E-state index in [1.165, 1.54) is 16.7 Å². The minimum atomic E-state index is 0.155. The third kappa shape index (κ3) is 4.26. The van der Waals surface area contributed by atoms with Gasteiger partial charge in [-0.3, -0.25) is 0 Å². The van der Waals surface area contributed by atoms with Gasteiger partial charge >= 0.3 is 0 Å². The van der Waals surface area contributed by atoms with Gasteiger partial charge in [0.2, 0.25) is 0 Å². The molecule has 0 heterocycles. The van der Waals surface area contributed by atoms with Gasteiger partial charge in [-0.15, -0.1) is 0 Å². The molecular formula is C13H17I3. The zero-order valence-corrected chi connectivity index (χ0v) is 16.5. The number of alkyl halides is 3. The van der Waals surface area contributed by atoms with E-state index in [9.17, 15) is 0 Å². The number of hydrogen-bond acceptors (Lipinski definition) is 0. The van der Waals surface area contributed by atoms with Gasteiger partial charge in [-0.1, -0.05) is 45.9 Å². The Morgan fingerprint density at radius 2 is 1.19 bits per heavy atom. The van der Waals surface area contributed by atoms with E-state index in [4.69, 9.17) is 0 Å². The van der Waals surface area contributed by atoms with Gasteiger partial charge in [-0.2, -0.15) is 0 Å². The average molecular weight is 554 g/mol. The molecule has 0 amide bonds. The Morgan fingerprint density at radius 3 is 1.44 bits per heavy atom. The molecular weight excluding hydrogens is 537 g/mol. The monoisotopic (exact) mass is 554 g/mol. The molecule has 0 saturated heterocycles. The topological polar surface area (TPSA) is 0 Å². The Kier molecular flexibility index (Phi) is 5.83. The second kappa shape index (κ2) is 6.04. The van der Waals surface area contributed by atoms with Crippen molar-refractivity contribution in [2.45, 2.75) is 39.0 Å². The van der Waals surface area contributed by atoms with Crippen LogP contribution in [0.1, 0.15) is 56.2 Å². The fourth-order valence-corrected chi connectivity index (χ4v) is 2.44. The van der Waals surface area contributed by atoms with Gasteiger partial charge in [0.1, 0.15) is -0.565 Å². The third-order valence-corrected chi connectivity index (χ3v) is 4.51. The summed E-state index contributed by atoms with van der Waals surface area (Å²) >= 11 is 7.49. The van der Waals surface area contributed by atoms with Crippen LogP contribution < -0.4 is 0 Å². The zero-order chi connectivity index (χ0) is 12.5. The molecule has 90 valence electrons. The van der Waals surface area contributed by atoms with Crippen LogP contribution in [-0.4, -0.2) is 0 Å². The van der Waals surface area contributed by atoms with Gasteiger partial charge in [-0.25, -0.2) is 0 Å². The van der Waals surface area contributed by atoms with Crippen molar-refractivity contribution in [3.8, 4) is 0 Å². The van der Waals surface area contributed by atoms with E-state index in [1.807, 2.05) is 0 Å². The molecule has 0 nitrogen and oxygen atoms in total. The van der Waals surface area contributed by atoms with Crippen LogP contribution in [0.15, 0.2) is 18.2 Å². The number of hydrogen-bond donors (Lipinski definition) is 0. The fourth-order valence-electron chi connectivity index (χ4n) is 1.51. The van der Waals surface area contributed by atoms with Gasteiger partial charge in [0, 0.05) is 0 Å². The molecule has 3 heteroatoms. The van der Waals surface area contributed by atoms with E-state index < -0.39 is 0 Å². The first-order valence-corrected chi connectivity index (χ1v) is 8.67. The van der Waals surface area contributed by atoms with E-state index in [-0.39, 0.29) is -0.565 Å². The minimum Gasteiger partial charge on any atom is -0.0587 e. The van der Waals surface area contributed by atoms with Crippen LogP contribution in [0.4, 0.5) is 0 Å². The van der Waals surface area contributed by atoms with Gasteiger partial charge < -0.3 is 0 Å². The lowest BCUT2D eigenvalue weighted by Crippen LogP contribution is -2.02. The molecule has 16 heavy (non-hydrogen) atoms. The largest absolute Gasteiger partial charge is 0.149 e. The Labute approximate surface area is 140 Å². The molecule has 1 rings (SSSR count). The summed E-state index contributed by atoms with van der Waals surface area (Å²) < 4.78 is 0.155. The molecule has 0 N–H and O–H groups in total. The normalized spacial score (nSPS) is 12.6. The summed E-state index contributed by atoms with van der Waals surface area (Å²) in [6.45, 7) is 9.05. The van der Waals surface area contributed by atoms with Crippen molar-refractivity contribution in [1.29, 1.82) is 0 Å². The predicted molar refractivity (Wildman–Crippen MR) is 98.4 cm³/mol. The minimum absolute atomic E-state index is 0.155. The van der Waals surface area contributed by atoms with E-state index >= 15 is 0 Å². The number of halogens is 3. The van der Waals surface area contributed by atoms with Crippen LogP contribution in [0, 0.1) is 0 Å². The first-order chi connectivity index (χ1) is 7.21. The van der Waals surface area contributed by atoms with E-state index in [1.54, 1.807) is 0 Å². The summed E-state index contributed by atoms with van der Waals surface area (Å²) in [4.78, 5) is 0. The summed E-state index contributed by atoms with van der Waals surface area (Å²) in [6.07, 6.45) is 0.